The Morgan fingerprint density at radius 2 is 1.70 bits per heavy atom. The standard InChI is InChI=1S/C6H5F2OSi/c7-10(8)9-6-4-2-1-3-5-6/h1-5H. The molecule has 0 atom stereocenters. The fourth-order valence-corrected chi connectivity index (χ4v) is 0.892. The molecule has 1 aromatic carbocycles. The topological polar surface area (TPSA) is 9.23 Å². The van der Waals surface area contributed by atoms with E-state index >= 15 is 0 Å². The average molecular weight is 159 g/mol. The Hall–Kier alpha value is -0.903. The van der Waals surface area contributed by atoms with Crippen molar-refractivity contribution in [2.75, 3.05) is 0 Å². The lowest BCUT2D eigenvalue weighted by Gasteiger charge is -1.98. The molecule has 0 unspecified atom stereocenters. The van der Waals surface area contributed by atoms with E-state index in [1.807, 2.05) is 0 Å². The van der Waals surface area contributed by atoms with Crippen molar-refractivity contribution in [3.05, 3.63) is 30.3 Å². The Balaban J connectivity index is 2.59. The van der Waals surface area contributed by atoms with Crippen molar-refractivity contribution in [3.63, 3.8) is 0 Å². The zero-order chi connectivity index (χ0) is 7.40. The highest BCUT2D eigenvalue weighted by Gasteiger charge is 2.14. The lowest BCUT2D eigenvalue weighted by molar-refractivity contribution is 0.426. The number of rotatable bonds is 2. The van der Waals surface area contributed by atoms with Crippen molar-refractivity contribution < 1.29 is 12.6 Å². The highest BCUT2D eigenvalue weighted by Crippen LogP contribution is 2.09. The first kappa shape index (κ1) is 7.21. The summed E-state index contributed by atoms with van der Waals surface area (Å²) in [5.74, 6) is 0.237. The molecule has 1 radical (unpaired) electrons. The van der Waals surface area contributed by atoms with Crippen LogP contribution in [-0.2, 0) is 0 Å². The van der Waals surface area contributed by atoms with Gasteiger partial charge in [0.2, 0.25) is 0 Å². The maximum Gasteiger partial charge on any atom is 0.743 e. The fraction of sp³-hybridized carbons (Fsp3) is 0. The van der Waals surface area contributed by atoms with Crippen molar-refractivity contribution >= 4 is 9.71 Å². The molecule has 0 heterocycles. The van der Waals surface area contributed by atoms with Crippen LogP contribution in [-0.4, -0.2) is 9.71 Å². The summed E-state index contributed by atoms with van der Waals surface area (Å²) < 4.78 is 27.4. The minimum atomic E-state index is -3.59. The monoisotopic (exact) mass is 159 g/mol. The molecule has 1 rings (SSSR count). The van der Waals surface area contributed by atoms with Gasteiger partial charge < -0.3 is 4.43 Å². The van der Waals surface area contributed by atoms with E-state index in [-0.39, 0.29) is 5.75 Å². The van der Waals surface area contributed by atoms with E-state index < -0.39 is 9.71 Å². The van der Waals surface area contributed by atoms with Gasteiger partial charge in [0.25, 0.3) is 0 Å². The lowest BCUT2D eigenvalue weighted by atomic mass is 10.3. The second-order valence-corrected chi connectivity index (χ2v) is 2.30. The van der Waals surface area contributed by atoms with E-state index in [1.54, 1.807) is 18.2 Å². The molecule has 0 saturated carbocycles. The van der Waals surface area contributed by atoms with Crippen LogP contribution in [0.2, 0.25) is 0 Å². The van der Waals surface area contributed by atoms with Crippen molar-refractivity contribution in [1.82, 2.24) is 0 Å². The summed E-state index contributed by atoms with van der Waals surface area (Å²) in [6.45, 7) is 0. The summed E-state index contributed by atoms with van der Waals surface area (Å²) in [7, 11) is -3.59. The zero-order valence-corrected chi connectivity index (χ0v) is 6.05. The molecule has 0 aliphatic heterocycles. The minimum Gasteiger partial charge on any atom is -0.492 e. The molecule has 10 heavy (non-hydrogen) atoms. The summed E-state index contributed by atoms with van der Waals surface area (Å²) in [5.41, 5.74) is 0. The molecule has 0 N–H and O–H groups in total. The molecular formula is C6H5F2OSi. The summed E-state index contributed by atoms with van der Waals surface area (Å²) in [5, 5.41) is 0. The SMILES string of the molecule is F[Si](F)Oc1ccccc1. The van der Waals surface area contributed by atoms with Crippen LogP contribution < -0.4 is 4.43 Å². The molecule has 0 amide bonds. The maximum atomic E-state index is 11.6. The summed E-state index contributed by atoms with van der Waals surface area (Å²) in [4.78, 5) is 0. The van der Waals surface area contributed by atoms with E-state index in [1.165, 1.54) is 12.1 Å². The third-order valence-corrected chi connectivity index (χ3v) is 1.33. The van der Waals surface area contributed by atoms with Gasteiger partial charge in [-0.2, -0.15) is 0 Å². The second-order valence-electron chi connectivity index (χ2n) is 1.64. The van der Waals surface area contributed by atoms with Crippen molar-refractivity contribution in [2.24, 2.45) is 0 Å². The molecule has 0 fully saturated rings. The summed E-state index contributed by atoms with van der Waals surface area (Å²) in [6, 6.07) is 8.06. The van der Waals surface area contributed by atoms with E-state index in [2.05, 4.69) is 4.43 Å². The quantitative estimate of drug-likeness (QED) is 0.473. The van der Waals surface area contributed by atoms with Gasteiger partial charge in [-0.3, -0.25) is 0 Å². The molecule has 4 heteroatoms. The normalized spacial score (nSPS) is 9.90. The van der Waals surface area contributed by atoms with Gasteiger partial charge in [0, 0.05) is 0 Å². The molecule has 0 aliphatic carbocycles. The third-order valence-electron chi connectivity index (χ3n) is 0.938. The van der Waals surface area contributed by atoms with Crippen LogP contribution in [0, 0.1) is 0 Å². The van der Waals surface area contributed by atoms with Gasteiger partial charge in [-0.15, -0.1) is 0 Å². The van der Waals surface area contributed by atoms with Crippen LogP contribution >= 0.6 is 0 Å². The number of halogens is 2. The molecular weight excluding hydrogens is 154 g/mol. The van der Waals surface area contributed by atoms with Gasteiger partial charge in [-0.25, -0.2) is 8.22 Å². The maximum absolute atomic E-state index is 11.6. The Labute approximate surface area is 59.3 Å². The van der Waals surface area contributed by atoms with Crippen LogP contribution in [0.5, 0.6) is 5.75 Å². The van der Waals surface area contributed by atoms with Crippen LogP contribution in [0.1, 0.15) is 0 Å². The molecule has 0 spiro atoms. The van der Waals surface area contributed by atoms with E-state index in [9.17, 15) is 8.22 Å². The summed E-state index contributed by atoms with van der Waals surface area (Å²) in [6.07, 6.45) is 0. The molecule has 1 aromatic rings. The molecule has 53 valence electrons. The van der Waals surface area contributed by atoms with Gasteiger partial charge in [0.1, 0.15) is 5.75 Å². The van der Waals surface area contributed by atoms with Gasteiger partial charge in [-0.1, -0.05) is 18.2 Å². The van der Waals surface area contributed by atoms with Crippen molar-refractivity contribution in [3.8, 4) is 5.75 Å². The highest BCUT2D eigenvalue weighted by molar-refractivity contribution is 6.35. The first-order chi connectivity index (χ1) is 4.79. The molecule has 0 bridgehead atoms. The minimum absolute atomic E-state index is 0.237. The largest absolute Gasteiger partial charge is 0.743 e. The Bertz CT molecular complexity index is 190. The zero-order valence-electron chi connectivity index (χ0n) is 5.05. The number of hydrogen-bond donors (Lipinski definition) is 0. The van der Waals surface area contributed by atoms with Crippen molar-refractivity contribution in [2.45, 2.75) is 0 Å². The molecule has 0 aliphatic rings. The Kier molecular flexibility index (Phi) is 2.39. The first-order valence-electron chi connectivity index (χ1n) is 2.70. The molecule has 1 nitrogen and oxygen atoms in total. The highest BCUT2D eigenvalue weighted by atomic mass is 28.4. The van der Waals surface area contributed by atoms with Crippen molar-refractivity contribution in [1.29, 1.82) is 0 Å². The van der Waals surface area contributed by atoms with Crippen LogP contribution in [0.15, 0.2) is 30.3 Å². The van der Waals surface area contributed by atoms with E-state index in [4.69, 9.17) is 0 Å². The number of para-hydroxylation sites is 1. The van der Waals surface area contributed by atoms with Gasteiger partial charge in [-0.05, 0) is 12.1 Å². The van der Waals surface area contributed by atoms with Crippen LogP contribution in [0.3, 0.4) is 0 Å². The van der Waals surface area contributed by atoms with Crippen LogP contribution in [0.25, 0.3) is 0 Å². The summed E-state index contributed by atoms with van der Waals surface area (Å²) >= 11 is 0. The number of hydrogen-bond acceptors (Lipinski definition) is 1. The third kappa shape index (κ3) is 2.14. The lowest BCUT2D eigenvalue weighted by Crippen LogP contribution is -2.07. The fourth-order valence-electron chi connectivity index (χ4n) is 0.578. The first-order valence-corrected chi connectivity index (χ1v) is 3.86. The molecule has 0 saturated heterocycles. The second kappa shape index (κ2) is 3.31. The molecule has 0 aromatic heterocycles. The van der Waals surface area contributed by atoms with Gasteiger partial charge in [0.05, 0.1) is 0 Å². The smallest absolute Gasteiger partial charge is 0.492 e. The van der Waals surface area contributed by atoms with E-state index in [0.717, 1.165) is 0 Å². The average Bonchev–Trinajstić information content (AvgIpc) is 1.88. The van der Waals surface area contributed by atoms with Gasteiger partial charge >= 0.3 is 9.71 Å². The van der Waals surface area contributed by atoms with Gasteiger partial charge in [0.15, 0.2) is 0 Å². The Morgan fingerprint density at radius 1 is 1.10 bits per heavy atom. The Morgan fingerprint density at radius 3 is 2.20 bits per heavy atom. The van der Waals surface area contributed by atoms with Crippen LogP contribution in [0.4, 0.5) is 8.22 Å². The van der Waals surface area contributed by atoms with E-state index in [0.29, 0.717) is 0 Å². The predicted molar refractivity (Wildman–Crippen MR) is 35.0 cm³/mol. The number of benzene rings is 1. The predicted octanol–water partition coefficient (Wildman–Crippen LogP) is 1.99.